The van der Waals surface area contributed by atoms with Gasteiger partial charge in [0.2, 0.25) is 0 Å². The maximum Gasteiger partial charge on any atom is 0.366 e. The van der Waals surface area contributed by atoms with Crippen LogP contribution in [0.15, 0.2) is 14.4 Å². The second kappa shape index (κ2) is 3.96. The predicted octanol–water partition coefficient (Wildman–Crippen LogP) is -0.783. The van der Waals surface area contributed by atoms with Crippen LogP contribution in [0, 0.1) is 0 Å². The molecule has 0 aliphatic rings. The molecule has 8 nitrogen and oxygen atoms in total. The van der Waals surface area contributed by atoms with E-state index in [9.17, 15) is 19.6 Å². The van der Waals surface area contributed by atoms with Gasteiger partial charge in [-0.25, -0.2) is 9.59 Å². The Labute approximate surface area is 94.1 Å². The van der Waals surface area contributed by atoms with E-state index in [1.807, 2.05) is 6.92 Å². The first kappa shape index (κ1) is 11.2. The van der Waals surface area contributed by atoms with Crippen LogP contribution in [0.3, 0.4) is 0 Å². The van der Waals surface area contributed by atoms with Gasteiger partial charge in [0.25, 0.3) is 0 Å². The summed E-state index contributed by atoms with van der Waals surface area (Å²) >= 11 is 0. The highest BCUT2D eigenvalue weighted by atomic mass is 16.5. The highest BCUT2D eigenvalue weighted by Crippen LogP contribution is 2.00. The van der Waals surface area contributed by atoms with Crippen LogP contribution in [-0.4, -0.2) is 24.5 Å². The third kappa shape index (κ3) is 1.67. The topological polar surface area (TPSA) is 113 Å². The predicted molar refractivity (Wildman–Crippen MR) is 59.5 cm³/mol. The van der Waals surface area contributed by atoms with Crippen LogP contribution in [0.4, 0.5) is 0 Å². The SMILES string of the molecule is CCCCn1c(=O)n(O)c(=O)c2[nH]c(=O)[nH]c21. The molecule has 0 aliphatic heterocycles. The average molecular weight is 240 g/mol. The van der Waals surface area contributed by atoms with Crippen molar-refractivity contribution >= 4 is 11.2 Å². The summed E-state index contributed by atoms with van der Waals surface area (Å²) in [5.74, 6) is 0. The van der Waals surface area contributed by atoms with E-state index < -0.39 is 16.9 Å². The second-order valence-corrected chi connectivity index (χ2v) is 3.71. The maximum absolute atomic E-state index is 11.7. The van der Waals surface area contributed by atoms with Crippen LogP contribution in [0.1, 0.15) is 19.8 Å². The molecule has 0 bridgehead atoms. The molecule has 3 N–H and O–H groups in total. The Morgan fingerprint density at radius 2 is 1.94 bits per heavy atom. The van der Waals surface area contributed by atoms with Crippen molar-refractivity contribution < 1.29 is 5.21 Å². The van der Waals surface area contributed by atoms with E-state index in [0.717, 1.165) is 11.0 Å². The first-order valence-corrected chi connectivity index (χ1v) is 5.23. The molecule has 92 valence electrons. The van der Waals surface area contributed by atoms with Crippen LogP contribution >= 0.6 is 0 Å². The molecule has 0 radical (unpaired) electrons. The van der Waals surface area contributed by atoms with Crippen molar-refractivity contribution in [2.75, 3.05) is 0 Å². The zero-order valence-corrected chi connectivity index (χ0v) is 9.19. The van der Waals surface area contributed by atoms with Gasteiger partial charge >= 0.3 is 16.9 Å². The number of hydrogen-bond donors (Lipinski definition) is 3. The molecular weight excluding hydrogens is 228 g/mol. The Morgan fingerprint density at radius 3 is 2.59 bits per heavy atom. The van der Waals surface area contributed by atoms with Crippen LogP contribution in [-0.2, 0) is 6.54 Å². The molecule has 0 saturated carbocycles. The summed E-state index contributed by atoms with van der Waals surface area (Å²) in [5.41, 5.74) is -2.37. The number of aromatic nitrogens is 4. The molecular formula is C9H12N4O4. The van der Waals surface area contributed by atoms with Crippen LogP contribution < -0.4 is 16.9 Å². The van der Waals surface area contributed by atoms with E-state index in [4.69, 9.17) is 0 Å². The van der Waals surface area contributed by atoms with Gasteiger partial charge in [-0.2, -0.15) is 0 Å². The van der Waals surface area contributed by atoms with Crippen molar-refractivity contribution in [2.45, 2.75) is 26.3 Å². The zero-order valence-electron chi connectivity index (χ0n) is 9.19. The Kier molecular flexibility index (Phi) is 2.62. The molecule has 0 amide bonds. The Balaban J connectivity index is 2.85. The summed E-state index contributed by atoms with van der Waals surface area (Å²) in [4.78, 5) is 38.9. The van der Waals surface area contributed by atoms with E-state index in [1.54, 1.807) is 0 Å². The Hall–Kier alpha value is -2.25. The van der Waals surface area contributed by atoms with E-state index in [-0.39, 0.29) is 15.9 Å². The van der Waals surface area contributed by atoms with E-state index >= 15 is 0 Å². The van der Waals surface area contributed by atoms with E-state index in [2.05, 4.69) is 9.97 Å². The molecule has 0 saturated heterocycles. The number of unbranched alkanes of at least 4 members (excludes halogenated alkanes) is 1. The van der Waals surface area contributed by atoms with Crippen molar-refractivity contribution in [3.05, 3.63) is 31.3 Å². The average Bonchev–Trinajstić information content (AvgIpc) is 2.68. The summed E-state index contributed by atoms with van der Waals surface area (Å²) < 4.78 is 1.17. The van der Waals surface area contributed by atoms with E-state index in [0.29, 0.717) is 13.0 Å². The van der Waals surface area contributed by atoms with Gasteiger partial charge in [-0.1, -0.05) is 18.1 Å². The number of imidazole rings is 1. The molecule has 17 heavy (non-hydrogen) atoms. The standard InChI is InChI=1S/C9H12N4O4/c1-2-3-4-12-6-5(10-8(15)11-6)7(14)13(17)9(12)16/h17H,2-4H2,1H3,(H2,10,11,15). The largest absolute Gasteiger partial charge is 0.421 e. The first-order chi connectivity index (χ1) is 8.06. The molecule has 8 heteroatoms. The lowest BCUT2D eigenvalue weighted by molar-refractivity contribution is 0.157. The fraction of sp³-hybridized carbons (Fsp3) is 0.444. The number of hydrogen-bond acceptors (Lipinski definition) is 4. The normalized spacial score (nSPS) is 11.1. The second-order valence-electron chi connectivity index (χ2n) is 3.71. The molecule has 0 aromatic carbocycles. The number of fused-ring (bicyclic) bond motifs is 1. The quantitative estimate of drug-likeness (QED) is 0.610. The molecule has 0 atom stereocenters. The lowest BCUT2D eigenvalue weighted by Crippen LogP contribution is -2.38. The molecule has 0 aliphatic carbocycles. The summed E-state index contributed by atoms with van der Waals surface area (Å²) in [6.45, 7) is 2.26. The summed E-state index contributed by atoms with van der Waals surface area (Å²) in [6.07, 6.45) is 1.54. The van der Waals surface area contributed by atoms with Gasteiger partial charge < -0.3 is 5.21 Å². The summed E-state index contributed by atoms with van der Waals surface area (Å²) in [6, 6.07) is 0. The molecule has 0 unspecified atom stereocenters. The van der Waals surface area contributed by atoms with Crippen molar-refractivity contribution in [3.8, 4) is 0 Å². The Bertz CT molecular complexity index is 717. The molecule has 2 rings (SSSR count). The maximum atomic E-state index is 11.7. The Morgan fingerprint density at radius 1 is 1.24 bits per heavy atom. The van der Waals surface area contributed by atoms with Crippen LogP contribution in [0.25, 0.3) is 11.2 Å². The van der Waals surface area contributed by atoms with Crippen molar-refractivity contribution in [1.29, 1.82) is 0 Å². The summed E-state index contributed by atoms with van der Waals surface area (Å²) in [7, 11) is 0. The molecule has 2 aromatic rings. The zero-order chi connectivity index (χ0) is 12.6. The minimum absolute atomic E-state index is 0.00176. The minimum Gasteiger partial charge on any atom is -0.421 e. The van der Waals surface area contributed by atoms with Gasteiger partial charge in [-0.05, 0) is 6.42 Å². The van der Waals surface area contributed by atoms with Crippen LogP contribution in [0.2, 0.25) is 0 Å². The number of rotatable bonds is 3. The smallest absolute Gasteiger partial charge is 0.366 e. The van der Waals surface area contributed by atoms with Crippen LogP contribution in [0.5, 0.6) is 0 Å². The lowest BCUT2D eigenvalue weighted by atomic mass is 10.3. The van der Waals surface area contributed by atoms with Gasteiger partial charge in [0.1, 0.15) is 5.65 Å². The monoisotopic (exact) mass is 240 g/mol. The van der Waals surface area contributed by atoms with Gasteiger partial charge in [0.05, 0.1) is 0 Å². The van der Waals surface area contributed by atoms with Gasteiger partial charge in [-0.15, -0.1) is 0 Å². The van der Waals surface area contributed by atoms with Crippen molar-refractivity contribution in [1.82, 2.24) is 19.3 Å². The van der Waals surface area contributed by atoms with E-state index in [1.165, 1.54) is 0 Å². The van der Waals surface area contributed by atoms with Gasteiger partial charge in [0.15, 0.2) is 5.52 Å². The summed E-state index contributed by atoms with van der Waals surface area (Å²) in [5, 5.41) is 9.33. The fourth-order valence-corrected chi connectivity index (χ4v) is 1.66. The highest BCUT2D eigenvalue weighted by molar-refractivity contribution is 5.68. The number of aromatic amines is 2. The fourth-order valence-electron chi connectivity index (χ4n) is 1.66. The molecule has 0 fully saturated rings. The first-order valence-electron chi connectivity index (χ1n) is 5.23. The number of aryl methyl sites for hydroxylation is 1. The van der Waals surface area contributed by atoms with Gasteiger partial charge in [-0.3, -0.25) is 19.3 Å². The minimum atomic E-state index is -0.934. The third-order valence-electron chi connectivity index (χ3n) is 2.53. The molecule has 2 heterocycles. The lowest BCUT2D eigenvalue weighted by Gasteiger charge is -2.06. The van der Waals surface area contributed by atoms with Crippen molar-refractivity contribution in [3.63, 3.8) is 0 Å². The molecule has 2 aromatic heterocycles. The third-order valence-corrected chi connectivity index (χ3v) is 2.53. The van der Waals surface area contributed by atoms with Gasteiger partial charge in [0, 0.05) is 6.54 Å². The van der Waals surface area contributed by atoms with Crippen molar-refractivity contribution in [2.24, 2.45) is 0 Å². The number of nitrogens with zero attached hydrogens (tertiary/aromatic N) is 2. The molecule has 0 spiro atoms. The highest BCUT2D eigenvalue weighted by Gasteiger charge is 2.14. The number of H-pyrrole nitrogens is 2. The number of nitrogens with one attached hydrogen (secondary N) is 2.